The molecule has 0 spiro atoms. The van der Waals surface area contributed by atoms with E-state index < -0.39 is 0 Å². The molecule has 1 aromatic carbocycles. The van der Waals surface area contributed by atoms with Crippen LogP contribution in [0.25, 0.3) is 0 Å². The van der Waals surface area contributed by atoms with Gasteiger partial charge in [0.25, 0.3) is 0 Å². The molecule has 5 heteroatoms. The Morgan fingerprint density at radius 3 is 2.78 bits per heavy atom. The van der Waals surface area contributed by atoms with Crippen LogP contribution < -0.4 is 10.1 Å². The summed E-state index contributed by atoms with van der Waals surface area (Å²) in [6.07, 6.45) is 0.316. The third-order valence-corrected chi connectivity index (χ3v) is 2.55. The molecule has 0 fully saturated rings. The summed E-state index contributed by atoms with van der Waals surface area (Å²) < 4.78 is 5.47. The van der Waals surface area contributed by atoms with Crippen LogP contribution in [-0.2, 0) is 4.79 Å². The van der Waals surface area contributed by atoms with E-state index >= 15 is 0 Å². The molecule has 0 aromatic heterocycles. The van der Waals surface area contributed by atoms with E-state index in [1.807, 2.05) is 6.07 Å². The van der Waals surface area contributed by atoms with Crippen LogP contribution in [0.1, 0.15) is 13.3 Å². The van der Waals surface area contributed by atoms with E-state index in [0.29, 0.717) is 30.3 Å². The smallest absolute Gasteiger partial charge is 0.226 e. The highest BCUT2D eigenvalue weighted by atomic mass is 35.5. The Morgan fingerprint density at radius 2 is 2.17 bits per heavy atom. The first kappa shape index (κ1) is 14.3. The number of carbonyl (C=O) groups excluding carboxylic acids is 1. The van der Waals surface area contributed by atoms with Crippen LogP contribution in [0.2, 0.25) is 5.02 Å². The lowest BCUT2D eigenvalue weighted by Gasteiger charge is -2.12. The highest BCUT2D eigenvalue weighted by Gasteiger charge is 2.12. The van der Waals surface area contributed by atoms with E-state index in [0.717, 1.165) is 0 Å². The number of hydrogen-bond acceptors (Lipinski definition) is 3. The van der Waals surface area contributed by atoms with Gasteiger partial charge in [0.05, 0.1) is 25.0 Å². The highest BCUT2D eigenvalue weighted by Crippen LogP contribution is 2.16. The number of ether oxygens (including phenoxy) is 1. The van der Waals surface area contributed by atoms with Crippen molar-refractivity contribution in [1.82, 2.24) is 5.32 Å². The molecule has 1 rings (SSSR count). The van der Waals surface area contributed by atoms with Crippen molar-refractivity contribution < 1.29 is 9.53 Å². The van der Waals surface area contributed by atoms with Gasteiger partial charge in [-0.1, -0.05) is 18.5 Å². The van der Waals surface area contributed by atoms with Crippen molar-refractivity contribution >= 4 is 17.5 Å². The first-order chi connectivity index (χ1) is 8.63. The lowest BCUT2D eigenvalue weighted by molar-refractivity contribution is -0.125. The topological polar surface area (TPSA) is 62.1 Å². The fourth-order valence-corrected chi connectivity index (χ4v) is 1.37. The summed E-state index contributed by atoms with van der Waals surface area (Å²) in [7, 11) is 0. The van der Waals surface area contributed by atoms with Crippen molar-refractivity contribution in [2.45, 2.75) is 13.3 Å². The van der Waals surface area contributed by atoms with Gasteiger partial charge in [-0.15, -0.1) is 0 Å². The van der Waals surface area contributed by atoms with Crippen molar-refractivity contribution in [3.63, 3.8) is 0 Å². The molecule has 18 heavy (non-hydrogen) atoms. The molecule has 0 aliphatic carbocycles. The Kier molecular flexibility index (Phi) is 6.03. The Balaban J connectivity index is 2.32. The fraction of sp³-hybridized carbons (Fsp3) is 0.385. The minimum absolute atomic E-state index is 0.112. The van der Waals surface area contributed by atoms with Crippen LogP contribution in [0, 0.1) is 17.2 Å². The molecule has 0 aliphatic heterocycles. The average Bonchev–Trinajstić information content (AvgIpc) is 2.38. The van der Waals surface area contributed by atoms with Crippen molar-refractivity contribution in [3.8, 4) is 11.8 Å². The average molecular weight is 267 g/mol. The van der Waals surface area contributed by atoms with Crippen molar-refractivity contribution in [2.75, 3.05) is 13.2 Å². The van der Waals surface area contributed by atoms with Crippen molar-refractivity contribution in [2.24, 2.45) is 5.92 Å². The molecule has 4 nitrogen and oxygen atoms in total. The normalized spacial score (nSPS) is 11.4. The molecule has 0 radical (unpaired) electrons. The molecular formula is C13H15ClN2O2. The predicted octanol–water partition coefficient (Wildman–Crippen LogP) is 2.38. The van der Waals surface area contributed by atoms with Crippen molar-refractivity contribution in [3.05, 3.63) is 29.3 Å². The number of hydrogen-bond donors (Lipinski definition) is 1. The van der Waals surface area contributed by atoms with Gasteiger partial charge in [-0.3, -0.25) is 4.79 Å². The second-order valence-electron chi connectivity index (χ2n) is 3.87. The minimum Gasteiger partial charge on any atom is -0.493 e. The molecule has 1 unspecified atom stereocenters. The van der Waals surface area contributed by atoms with Gasteiger partial charge in [0, 0.05) is 11.6 Å². The Hall–Kier alpha value is -1.73. The second-order valence-corrected chi connectivity index (χ2v) is 4.30. The zero-order valence-corrected chi connectivity index (χ0v) is 10.9. The fourth-order valence-electron chi connectivity index (χ4n) is 1.24. The summed E-state index contributed by atoms with van der Waals surface area (Å²) in [5, 5.41) is 11.7. The molecule has 0 saturated carbocycles. The number of rotatable bonds is 6. The summed E-state index contributed by atoms with van der Waals surface area (Å²) >= 11 is 5.75. The van der Waals surface area contributed by atoms with E-state index in [2.05, 4.69) is 5.32 Å². The lowest BCUT2D eigenvalue weighted by atomic mass is 10.2. The second kappa shape index (κ2) is 7.57. The number of nitriles is 1. The molecule has 1 N–H and O–H groups in total. The molecule has 1 aromatic rings. The van der Waals surface area contributed by atoms with Crippen LogP contribution in [0.5, 0.6) is 5.75 Å². The molecule has 0 bridgehead atoms. The monoisotopic (exact) mass is 266 g/mol. The van der Waals surface area contributed by atoms with Gasteiger partial charge >= 0.3 is 0 Å². The van der Waals surface area contributed by atoms with Gasteiger partial charge < -0.3 is 10.1 Å². The number of nitrogens with zero attached hydrogens (tertiary/aromatic N) is 1. The van der Waals surface area contributed by atoms with Gasteiger partial charge in [0.2, 0.25) is 5.91 Å². The number of benzene rings is 1. The van der Waals surface area contributed by atoms with Crippen LogP contribution in [0.3, 0.4) is 0 Å². The first-order valence-electron chi connectivity index (χ1n) is 5.66. The zero-order chi connectivity index (χ0) is 13.4. The van der Waals surface area contributed by atoms with E-state index in [9.17, 15) is 4.79 Å². The summed E-state index contributed by atoms with van der Waals surface area (Å²) in [5.74, 6) is 0.301. The SMILES string of the molecule is CC(COc1ccc(Cl)cc1)C(=O)NCCC#N. The predicted molar refractivity (Wildman–Crippen MR) is 69.4 cm³/mol. The molecule has 0 saturated heterocycles. The lowest BCUT2D eigenvalue weighted by Crippen LogP contribution is -2.32. The molecular weight excluding hydrogens is 252 g/mol. The molecule has 0 heterocycles. The summed E-state index contributed by atoms with van der Waals surface area (Å²) in [6, 6.07) is 8.93. The third kappa shape index (κ3) is 5.07. The quantitative estimate of drug-likeness (QED) is 0.804. The Bertz CT molecular complexity index is 426. The van der Waals surface area contributed by atoms with Crippen LogP contribution in [-0.4, -0.2) is 19.1 Å². The largest absolute Gasteiger partial charge is 0.493 e. The van der Waals surface area contributed by atoms with E-state index in [4.69, 9.17) is 21.6 Å². The molecule has 0 aliphatic rings. The van der Waals surface area contributed by atoms with E-state index in [1.165, 1.54) is 0 Å². The number of halogens is 1. The Morgan fingerprint density at radius 1 is 1.50 bits per heavy atom. The standard InChI is InChI=1S/C13H15ClN2O2/c1-10(13(17)16-8-2-7-15)9-18-12-5-3-11(14)4-6-12/h3-6,10H,2,8-9H2,1H3,(H,16,17). The maximum Gasteiger partial charge on any atom is 0.226 e. The summed E-state index contributed by atoms with van der Waals surface area (Å²) in [5.41, 5.74) is 0. The van der Waals surface area contributed by atoms with Gasteiger partial charge in [-0.25, -0.2) is 0 Å². The van der Waals surface area contributed by atoms with Crippen LogP contribution in [0.15, 0.2) is 24.3 Å². The molecule has 1 atom stereocenters. The maximum absolute atomic E-state index is 11.6. The Labute approximate surface area is 112 Å². The van der Waals surface area contributed by atoms with Gasteiger partial charge in [0.1, 0.15) is 5.75 Å². The number of nitrogens with one attached hydrogen (secondary N) is 1. The third-order valence-electron chi connectivity index (χ3n) is 2.30. The van der Waals surface area contributed by atoms with Gasteiger partial charge in [0.15, 0.2) is 0 Å². The van der Waals surface area contributed by atoms with E-state index in [-0.39, 0.29) is 11.8 Å². The number of amides is 1. The van der Waals surface area contributed by atoms with Crippen molar-refractivity contribution in [1.29, 1.82) is 5.26 Å². The molecule has 96 valence electrons. The maximum atomic E-state index is 11.6. The van der Waals surface area contributed by atoms with Gasteiger partial charge in [-0.05, 0) is 24.3 Å². The summed E-state index contributed by atoms with van der Waals surface area (Å²) in [4.78, 5) is 11.6. The van der Waals surface area contributed by atoms with Gasteiger partial charge in [-0.2, -0.15) is 5.26 Å². The highest BCUT2D eigenvalue weighted by molar-refractivity contribution is 6.30. The van der Waals surface area contributed by atoms with E-state index in [1.54, 1.807) is 31.2 Å². The minimum atomic E-state index is -0.264. The zero-order valence-electron chi connectivity index (χ0n) is 10.1. The summed E-state index contributed by atoms with van der Waals surface area (Å²) in [6.45, 7) is 2.44. The first-order valence-corrected chi connectivity index (χ1v) is 6.04. The number of carbonyl (C=O) groups is 1. The molecule has 1 amide bonds. The van der Waals surface area contributed by atoms with Crippen LogP contribution in [0.4, 0.5) is 0 Å². The van der Waals surface area contributed by atoms with Crippen LogP contribution >= 0.6 is 11.6 Å².